The van der Waals surface area contributed by atoms with Gasteiger partial charge in [0.15, 0.2) is 0 Å². The number of halogens is 2. The molecule has 0 radical (unpaired) electrons. The Kier molecular flexibility index (Phi) is 4.94. The maximum Gasteiger partial charge on any atom is 0.228 e. The van der Waals surface area contributed by atoms with Crippen LogP contribution in [0.25, 0.3) is 10.2 Å². The molecule has 5 nitrogen and oxygen atoms in total. The summed E-state index contributed by atoms with van der Waals surface area (Å²) in [5.41, 5.74) is 1.95. The van der Waals surface area contributed by atoms with Gasteiger partial charge in [-0.2, -0.15) is 4.98 Å². The summed E-state index contributed by atoms with van der Waals surface area (Å²) in [5.74, 6) is 1.62. The van der Waals surface area contributed by atoms with Gasteiger partial charge in [0.2, 0.25) is 5.95 Å². The highest BCUT2D eigenvalue weighted by Crippen LogP contribution is 2.29. The molecule has 1 aromatic carbocycles. The van der Waals surface area contributed by atoms with Crippen LogP contribution in [0.4, 0.5) is 11.8 Å². The molecular formula is C17H17Cl2N5S. The van der Waals surface area contributed by atoms with Crippen LogP contribution in [0.5, 0.6) is 0 Å². The van der Waals surface area contributed by atoms with E-state index in [1.807, 2.05) is 23.6 Å². The average Bonchev–Trinajstić information content (AvgIpc) is 3.10. The van der Waals surface area contributed by atoms with Gasteiger partial charge < -0.3 is 15.5 Å². The fraction of sp³-hybridized carbons (Fsp3) is 0.294. The lowest BCUT2D eigenvalue weighted by atomic mass is 10.2. The molecule has 1 fully saturated rings. The van der Waals surface area contributed by atoms with Crippen molar-refractivity contribution in [3.05, 3.63) is 45.3 Å². The van der Waals surface area contributed by atoms with Gasteiger partial charge in [0, 0.05) is 42.8 Å². The first-order chi connectivity index (χ1) is 12.2. The molecule has 2 N–H and O–H groups in total. The Morgan fingerprint density at radius 3 is 2.80 bits per heavy atom. The number of fused-ring (bicyclic) bond motifs is 1. The fourth-order valence-electron chi connectivity index (χ4n) is 2.82. The number of nitrogens with one attached hydrogen (secondary N) is 2. The number of nitrogens with zero attached hydrogens (tertiary/aromatic N) is 3. The zero-order chi connectivity index (χ0) is 17.2. The predicted molar refractivity (Wildman–Crippen MR) is 106 cm³/mol. The van der Waals surface area contributed by atoms with Crippen LogP contribution in [0.3, 0.4) is 0 Å². The minimum atomic E-state index is 0.584. The molecule has 0 atom stereocenters. The van der Waals surface area contributed by atoms with E-state index in [4.69, 9.17) is 33.2 Å². The Balaban J connectivity index is 1.62. The zero-order valence-corrected chi connectivity index (χ0v) is 15.8. The number of thiophene rings is 1. The van der Waals surface area contributed by atoms with Crippen molar-refractivity contribution in [1.29, 1.82) is 0 Å². The molecule has 0 aliphatic carbocycles. The Morgan fingerprint density at radius 1 is 1.16 bits per heavy atom. The van der Waals surface area contributed by atoms with Crippen molar-refractivity contribution in [2.75, 3.05) is 36.4 Å². The van der Waals surface area contributed by atoms with E-state index >= 15 is 0 Å². The second-order valence-corrected chi connectivity index (χ2v) is 7.59. The first kappa shape index (κ1) is 16.8. The van der Waals surface area contributed by atoms with Gasteiger partial charge in [0.05, 0.1) is 10.2 Å². The molecule has 1 aliphatic rings. The van der Waals surface area contributed by atoms with E-state index in [-0.39, 0.29) is 0 Å². The van der Waals surface area contributed by atoms with Crippen LogP contribution in [0.1, 0.15) is 5.56 Å². The molecule has 1 saturated heterocycles. The topological polar surface area (TPSA) is 53.1 Å². The Hall–Kier alpha value is -1.60. The molecule has 8 heteroatoms. The second kappa shape index (κ2) is 7.33. The molecule has 0 spiro atoms. The molecule has 0 saturated carbocycles. The van der Waals surface area contributed by atoms with E-state index in [9.17, 15) is 0 Å². The maximum atomic E-state index is 6.28. The van der Waals surface area contributed by atoms with Crippen molar-refractivity contribution in [1.82, 2.24) is 15.3 Å². The van der Waals surface area contributed by atoms with Crippen LogP contribution in [-0.4, -0.2) is 36.1 Å². The summed E-state index contributed by atoms with van der Waals surface area (Å²) in [6.45, 7) is 4.32. The molecule has 4 rings (SSSR count). The third-order valence-electron chi connectivity index (χ3n) is 4.15. The highest BCUT2D eigenvalue weighted by Gasteiger charge is 2.16. The van der Waals surface area contributed by atoms with E-state index in [0.717, 1.165) is 53.7 Å². The normalized spacial score (nSPS) is 14.9. The van der Waals surface area contributed by atoms with E-state index < -0.39 is 0 Å². The minimum Gasteiger partial charge on any atom is -0.365 e. The smallest absolute Gasteiger partial charge is 0.228 e. The number of piperazine rings is 1. The SMILES string of the molecule is Clc1ccc(CNc2nc(N3CCNCC3)nc3ccsc23)c(Cl)c1. The summed E-state index contributed by atoms with van der Waals surface area (Å²) in [4.78, 5) is 11.7. The maximum absolute atomic E-state index is 6.28. The van der Waals surface area contributed by atoms with E-state index in [1.165, 1.54) is 0 Å². The fourth-order valence-corrected chi connectivity index (χ4v) is 4.09. The molecule has 25 heavy (non-hydrogen) atoms. The molecule has 0 bridgehead atoms. The lowest BCUT2D eigenvalue weighted by Crippen LogP contribution is -2.44. The quantitative estimate of drug-likeness (QED) is 0.700. The zero-order valence-electron chi connectivity index (χ0n) is 13.4. The number of anilines is 2. The highest BCUT2D eigenvalue weighted by atomic mass is 35.5. The summed E-state index contributed by atoms with van der Waals surface area (Å²) in [7, 11) is 0. The van der Waals surface area contributed by atoms with Crippen molar-refractivity contribution in [2.45, 2.75) is 6.54 Å². The number of rotatable bonds is 4. The van der Waals surface area contributed by atoms with Crippen LogP contribution in [0.15, 0.2) is 29.6 Å². The summed E-state index contributed by atoms with van der Waals surface area (Å²) in [6, 6.07) is 7.57. The van der Waals surface area contributed by atoms with E-state index in [0.29, 0.717) is 16.6 Å². The molecular weight excluding hydrogens is 377 g/mol. The molecule has 1 aliphatic heterocycles. The monoisotopic (exact) mass is 393 g/mol. The highest BCUT2D eigenvalue weighted by molar-refractivity contribution is 7.17. The molecule has 0 unspecified atom stereocenters. The molecule has 0 amide bonds. The van der Waals surface area contributed by atoms with Gasteiger partial charge in [-0.3, -0.25) is 0 Å². The van der Waals surface area contributed by atoms with Crippen molar-refractivity contribution in [3.63, 3.8) is 0 Å². The average molecular weight is 394 g/mol. The first-order valence-electron chi connectivity index (χ1n) is 8.09. The third-order valence-corrected chi connectivity index (χ3v) is 5.65. The minimum absolute atomic E-state index is 0.584. The van der Waals surface area contributed by atoms with Crippen LogP contribution in [0, 0.1) is 0 Å². The van der Waals surface area contributed by atoms with Gasteiger partial charge >= 0.3 is 0 Å². The van der Waals surface area contributed by atoms with Gasteiger partial charge in [-0.15, -0.1) is 11.3 Å². The van der Waals surface area contributed by atoms with Gasteiger partial charge in [-0.05, 0) is 29.1 Å². The van der Waals surface area contributed by atoms with Gasteiger partial charge in [-0.1, -0.05) is 29.3 Å². The Labute approximate surface area is 160 Å². The number of hydrogen-bond donors (Lipinski definition) is 2. The molecule has 130 valence electrons. The summed E-state index contributed by atoms with van der Waals surface area (Å²) >= 11 is 13.9. The van der Waals surface area contributed by atoms with Crippen LogP contribution >= 0.6 is 34.5 Å². The van der Waals surface area contributed by atoms with Crippen LogP contribution < -0.4 is 15.5 Å². The van der Waals surface area contributed by atoms with E-state index in [1.54, 1.807) is 17.4 Å². The standard InChI is InChI=1S/C17H17Cl2N5S/c18-12-2-1-11(13(19)9-12)10-21-16-15-14(3-8-25-15)22-17(23-16)24-6-4-20-5-7-24/h1-3,8-9,20H,4-7,10H2,(H,21,22,23). The Bertz CT molecular complexity index is 892. The van der Waals surface area contributed by atoms with Crippen molar-refractivity contribution in [3.8, 4) is 0 Å². The lowest BCUT2D eigenvalue weighted by Gasteiger charge is -2.27. The second-order valence-electron chi connectivity index (χ2n) is 5.83. The first-order valence-corrected chi connectivity index (χ1v) is 9.73. The number of hydrogen-bond acceptors (Lipinski definition) is 6. The molecule has 2 aromatic heterocycles. The van der Waals surface area contributed by atoms with Crippen molar-refractivity contribution < 1.29 is 0 Å². The van der Waals surface area contributed by atoms with Gasteiger partial charge in [0.25, 0.3) is 0 Å². The van der Waals surface area contributed by atoms with Gasteiger partial charge in [-0.25, -0.2) is 4.98 Å². The Morgan fingerprint density at radius 2 is 2.00 bits per heavy atom. The predicted octanol–water partition coefficient (Wildman–Crippen LogP) is 4.02. The van der Waals surface area contributed by atoms with Crippen molar-refractivity contribution >= 4 is 56.5 Å². The van der Waals surface area contributed by atoms with Crippen molar-refractivity contribution in [2.24, 2.45) is 0 Å². The summed E-state index contributed by atoms with van der Waals surface area (Å²) in [5, 5.41) is 10.1. The van der Waals surface area contributed by atoms with Crippen LogP contribution in [-0.2, 0) is 6.54 Å². The third kappa shape index (κ3) is 3.67. The van der Waals surface area contributed by atoms with Gasteiger partial charge in [0.1, 0.15) is 5.82 Å². The van der Waals surface area contributed by atoms with Crippen LogP contribution in [0.2, 0.25) is 10.0 Å². The molecule has 3 aromatic rings. The van der Waals surface area contributed by atoms with E-state index in [2.05, 4.69) is 15.5 Å². The summed E-state index contributed by atoms with van der Waals surface area (Å²) < 4.78 is 1.06. The number of aromatic nitrogens is 2. The lowest BCUT2D eigenvalue weighted by molar-refractivity contribution is 0.581. The number of benzene rings is 1. The largest absolute Gasteiger partial charge is 0.365 e. The summed E-state index contributed by atoms with van der Waals surface area (Å²) in [6.07, 6.45) is 0. The molecule has 3 heterocycles.